The Labute approximate surface area is 227 Å². The Bertz CT molecular complexity index is 865. The average molecular weight is 535 g/mol. The molecule has 0 aromatic heterocycles. The Morgan fingerprint density at radius 1 is 1.30 bits per heavy atom. The maximum Gasteiger partial charge on any atom is 0.310 e. The molecular weight excluding hydrogens is 488 g/mol. The molecule has 2 amide bonds. The zero-order valence-electron chi connectivity index (χ0n) is 23.1. The molecule has 0 aromatic carbocycles. The van der Waals surface area contributed by atoms with Crippen molar-refractivity contribution in [3.8, 4) is 0 Å². The van der Waals surface area contributed by atoms with Gasteiger partial charge in [0.05, 0.1) is 35.8 Å². The van der Waals surface area contributed by atoms with Gasteiger partial charge in [-0.15, -0.1) is 24.9 Å². The molecular formula is C29H46N2O5S. The molecule has 2 bridgehead atoms. The van der Waals surface area contributed by atoms with Crippen molar-refractivity contribution in [2.24, 2.45) is 23.7 Å². The lowest BCUT2D eigenvalue weighted by Crippen LogP contribution is -2.60. The van der Waals surface area contributed by atoms with E-state index in [4.69, 9.17) is 4.74 Å². The number of aliphatic hydroxyl groups is 1. The van der Waals surface area contributed by atoms with Gasteiger partial charge in [0.2, 0.25) is 11.8 Å². The minimum absolute atomic E-state index is 0.00443. The summed E-state index contributed by atoms with van der Waals surface area (Å²) in [6.45, 7) is 16.9. The molecule has 1 spiro atoms. The smallest absolute Gasteiger partial charge is 0.310 e. The van der Waals surface area contributed by atoms with E-state index in [1.807, 2.05) is 18.7 Å². The Morgan fingerprint density at radius 3 is 2.62 bits per heavy atom. The zero-order valence-corrected chi connectivity index (χ0v) is 23.9. The van der Waals surface area contributed by atoms with Gasteiger partial charge in [0.1, 0.15) is 6.04 Å². The third kappa shape index (κ3) is 5.25. The maximum absolute atomic E-state index is 14.4. The van der Waals surface area contributed by atoms with Crippen LogP contribution in [0.3, 0.4) is 0 Å². The van der Waals surface area contributed by atoms with Crippen molar-refractivity contribution in [3.63, 3.8) is 0 Å². The number of unbranched alkanes of at least 4 members (excludes halogenated alkanes) is 2. The number of nitrogens with zero attached hydrogens (tertiary/aromatic N) is 2. The van der Waals surface area contributed by atoms with Crippen LogP contribution in [0.25, 0.3) is 0 Å². The third-order valence-corrected chi connectivity index (χ3v) is 10.9. The second-order valence-electron chi connectivity index (χ2n) is 11.0. The van der Waals surface area contributed by atoms with E-state index in [1.54, 1.807) is 28.8 Å². The number of thioether (sulfide) groups is 1. The minimum atomic E-state index is -0.725. The van der Waals surface area contributed by atoms with Crippen LogP contribution in [0, 0.1) is 23.7 Å². The topological polar surface area (TPSA) is 87.1 Å². The largest absolute Gasteiger partial charge is 0.465 e. The highest BCUT2D eigenvalue weighted by atomic mass is 32.2. The van der Waals surface area contributed by atoms with Crippen LogP contribution < -0.4 is 0 Å². The molecule has 3 aliphatic heterocycles. The molecule has 3 rings (SSSR count). The van der Waals surface area contributed by atoms with Gasteiger partial charge in [-0.25, -0.2) is 0 Å². The summed E-state index contributed by atoms with van der Waals surface area (Å²) in [6.07, 6.45) is 8.31. The lowest BCUT2D eigenvalue weighted by atomic mass is 9.66. The van der Waals surface area contributed by atoms with E-state index in [9.17, 15) is 19.5 Å². The van der Waals surface area contributed by atoms with Gasteiger partial charge in [-0.2, -0.15) is 0 Å². The van der Waals surface area contributed by atoms with Crippen LogP contribution in [0.4, 0.5) is 0 Å². The standard InChI is InChI=1S/C29H46N2O5S/c1-7-11-13-16-36-28(35)23-22-17-20(6)29(37-22)24(23)26(33)31(21(18-32)19(5)10-4)25(29)27(34)30(14-9-3)15-12-8-2/h7,9,19-25,32H,1,3,8,10-18H2,2,4-6H3/t19-,20?,21-,22+,23-,24-,25?,29?/m0/s1. The Morgan fingerprint density at radius 2 is 2.03 bits per heavy atom. The molecule has 3 heterocycles. The Kier molecular flexibility index (Phi) is 10.3. The summed E-state index contributed by atoms with van der Waals surface area (Å²) in [5.41, 5.74) is 0. The number of hydrogen-bond acceptors (Lipinski definition) is 6. The minimum Gasteiger partial charge on any atom is -0.465 e. The SMILES string of the molecule is C=CCCCOC(=O)[C@@H]1[C@H]2C(=O)N([C@@H](CO)[C@@H](C)CC)C(C(=O)N(CC=C)CCCC)C23S[C@@H]1CC3C. The van der Waals surface area contributed by atoms with Crippen molar-refractivity contribution in [2.45, 2.75) is 88.3 Å². The summed E-state index contributed by atoms with van der Waals surface area (Å²) in [5.74, 6) is -1.72. The van der Waals surface area contributed by atoms with Crippen molar-refractivity contribution < 1.29 is 24.2 Å². The van der Waals surface area contributed by atoms with Gasteiger partial charge in [0, 0.05) is 18.3 Å². The van der Waals surface area contributed by atoms with E-state index < -0.39 is 28.7 Å². The van der Waals surface area contributed by atoms with E-state index in [0.717, 1.165) is 32.1 Å². The van der Waals surface area contributed by atoms with Gasteiger partial charge in [0.25, 0.3) is 0 Å². The van der Waals surface area contributed by atoms with Crippen LogP contribution in [0.1, 0.15) is 66.2 Å². The molecule has 3 aliphatic rings. The normalized spacial score (nSPS) is 31.6. The first-order chi connectivity index (χ1) is 17.7. The van der Waals surface area contributed by atoms with Crippen molar-refractivity contribution in [1.82, 2.24) is 9.80 Å². The molecule has 8 heteroatoms. The molecule has 0 aromatic rings. The van der Waals surface area contributed by atoms with Crippen molar-refractivity contribution in [1.29, 1.82) is 0 Å². The van der Waals surface area contributed by atoms with Crippen LogP contribution in [-0.4, -0.2) is 81.1 Å². The summed E-state index contributed by atoms with van der Waals surface area (Å²) in [5, 5.41) is 10.4. The molecule has 3 saturated heterocycles. The second-order valence-corrected chi connectivity index (χ2v) is 12.5. The summed E-state index contributed by atoms with van der Waals surface area (Å²) < 4.78 is 4.95. The number of likely N-dealkylation sites (tertiary alicyclic amines) is 1. The number of amides is 2. The van der Waals surface area contributed by atoms with Crippen LogP contribution in [0.5, 0.6) is 0 Å². The fourth-order valence-electron chi connectivity index (χ4n) is 6.64. The quantitative estimate of drug-likeness (QED) is 0.194. The lowest BCUT2D eigenvalue weighted by Gasteiger charge is -2.43. The fraction of sp³-hybridized carbons (Fsp3) is 0.759. The number of esters is 1. The molecule has 3 fully saturated rings. The molecule has 0 radical (unpaired) electrons. The molecule has 1 N–H and O–H groups in total. The highest BCUT2D eigenvalue weighted by molar-refractivity contribution is 8.02. The lowest BCUT2D eigenvalue weighted by molar-refractivity contribution is -0.155. The number of carbonyl (C=O) groups excluding carboxylic acids is 3. The molecule has 0 saturated carbocycles. The fourth-order valence-corrected chi connectivity index (χ4v) is 9.03. The van der Waals surface area contributed by atoms with E-state index in [1.165, 1.54) is 0 Å². The summed E-state index contributed by atoms with van der Waals surface area (Å²) in [6, 6.07) is -1.21. The molecule has 37 heavy (non-hydrogen) atoms. The number of allylic oxidation sites excluding steroid dienone is 1. The maximum atomic E-state index is 14.4. The molecule has 208 valence electrons. The second kappa shape index (κ2) is 12.8. The first-order valence-electron chi connectivity index (χ1n) is 14.0. The predicted molar refractivity (Wildman–Crippen MR) is 148 cm³/mol. The highest BCUT2D eigenvalue weighted by Crippen LogP contribution is 2.69. The van der Waals surface area contributed by atoms with Crippen LogP contribution in [0.2, 0.25) is 0 Å². The van der Waals surface area contributed by atoms with Gasteiger partial charge >= 0.3 is 5.97 Å². The third-order valence-electron chi connectivity index (χ3n) is 8.77. The van der Waals surface area contributed by atoms with Crippen molar-refractivity contribution in [2.75, 3.05) is 26.3 Å². The number of rotatable bonds is 15. The van der Waals surface area contributed by atoms with Crippen molar-refractivity contribution in [3.05, 3.63) is 25.3 Å². The number of carbonyl (C=O) groups is 3. The van der Waals surface area contributed by atoms with E-state index in [2.05, 4.69) is 27.0 Å². The highest BCUT2D eigenvalue weighted by Gasteiger charge is 2.77. The summed E-state index contributed by atoms with van der Waals surface area (Å²) >= 11 is 1.65. The van der Waals surface area contributed by atoms with Gasteiger partial charge in [-0.3, -0.25) is 14.4 Å². The Hall–Kier alpha value is -1.80. The van der Waals surface area contributed by atoms with Crippen molar-refractivity contribution >= 4 is 29.5 Å². The monoisotopic (exact) mass is 534 g/mol. The molecule has 7 nitrogen and oxygen atoms in total. The van der Waals surface area contributed by atoms with Gasteiger partial charge in [0.15, 0.2) is 0 Å². The molecule has 3 unspecified atom stereocenters. The van der Waals surface area contributed by atoms with Crippen LogP contribution in [-0.2, 0) is 19.1 Å². The van der Waals surface area contributed by atoms with E-state index >= 15 is 0 Å². The average Bonchev–Trinajstić information content (AvgIpc) is 3.48. The Balaban J connectivity index is 2.06. The number of aliphatic hydroxyl groups excluding tert-OH is 1. The molecule has 0 aliphatic carbocycles. The predicted octanol–water partition coefficient (Wildman–Crippen LogP) is 4.05. The van der Waals surface area contributed by atoms with E-state index in [0.29, 0.717) is 26.1 Å². The van der Waals surface area contributed by atoms with Crippen LogP contribution >= 0.6 is 11.8 Å². The zero-order chi connectivity index (χ0) is 27.3. The van der Waals surface area contributed by atoms with E-state index in [-0.39, 0.29) is 41.5 Å². The first-order valence-corrected chi connectivity index (χ1v) is 14.9. The number of ether oxygens (including phenoxy) is 1. The van der Waals surface area contributed by atoms with Gasteiger partial charge in [-0.1, -0.05) is 52.7 Å². The van der Waals surface area contributed by atoms with Crippen LogP contribution in [0.15, 0.2) is 25.3 Å². The number of hydrogen-bond donors (Lipinski definition) is 1. The van der Waals surface area contributed by atoms with Gasteiger partial charge < -0.3 is 19.6 Å². The summed E-state index contributed by atoms with van der Waals surface area (Å²) in [4.78, 5) is 45.6. The first kappa shape index (κ1) is 29.8. The van der Waals surface area contributed by atoms with Gasteiger partial charge in [-0.05, 0) is 37.5 Å². The summed E-state index contributed by atoms with van der Waals surface area (Å²) in [7, 11) is 0. The number of fused-ring (bicyclic) bond motifs is 1. The molecule has 8 atom stereocenters.